The minimum Gasteiger partial charge on any atom is -0.394 e. The highest BCUT2D eigenvalue weighted by atomic mass is 16.7. The molecule has 0 unspecified atom stereocenters. The molecule has 0 radical (unpaired) electrons. The van der Waals surface area contributed by atoms with E-state index in [9.17, 15) is 15.3 Å². The first-order valence-electron chi connectivity index (χ1n) is 3.98. The van der Waals surface area contributed by atoms with E-state index in [1.165, 1.54) is 0 Å². The summed E-state index contributed by atoms with van der Waals surface area (Å²) in [6, 6.07) is 0. The molecular weight excluding hydrogens is 192 g/mol. The minimum absolute atomic E-state index is 0.700. The highest BCUT2D eigenvalue weighted by Crippen LogP contribution is 2.31. The number of hydrogen-bond acceptors (Lipinski definition) is 6. The van der Waals surface area contributed by atoms with E-state index < -0.39 is 36.8 Å². The summed E-state index contributed by atoms with van der Waals surface area (Å²) in [5, 5.41) is 45.8. The normalized spacial score (nSPS) is 44.7. The van der Waals surface area contributed by atoms with E-state index in [4.69, 9.17) is 16.6 Å². The first-order valence-corrected chi connectivity index (χ1v) is 3.98. The predicted octanol–water partition coefficient (Wildman–Crippen LogP) is -3.22. The Morgan fingerprint density at radius 1 is 1.50 bits per heavy atom. The van der Waals surface area contributed by atoms with Crippen LogP contribution in [0.1, 0.15) is 0 Å². The van der Waals surface area contributed by atoms with E-state index in [0.717, 1.165) is 0 Å². The van der Waals surface area contributed by atoms with Gasteiger partial charge in [-0.3, -0.25) is 0 Å². The Balaban J connectivity index is 2.93. The molecule has 5 N–H and O–H groups in total. The fourth-order valence-corrected chi connectivity index (χ4v) is 1.36. The van der Waals surface area contributed by atoms with Crippen molar-refractivity contribution in [1.29, 1.82) is 0 Å². The molecule has 1 saturated heterocycles. The van der Waals surface area contributed by atoms with Gasteiger partial charge in [0.05, 0.1) is 6.61 Å². The van der Waals surface area contributed by atoms with Crippen molar-refractivity contribution in [2.24, 2.45) is 0 Å². The monoisotopic (exact) mass is 204 g/mol. The molecule has 0 aromatic heterocycles. The Labute approximate surface area is 80.4 Å². The Morgan fingerprint density at radius 2 is 2.07 bits per heavy atom. The third-order valence-electron chi connectivity index (χ3n) is 2.21. The molecule has 0 amide bonds. The van der Waals surface area contributed by atoms with Crippen LogP contribution in [-0.2, 0) is 4.74 Å². The SMILES string of the molecule is C#C[C@@]1(O)[C@@H]([C@H](O)CO)O[C@H](O)[C@@H]1O. The van der Waals surface area contributed by atoms with Crippen LogP contribution < -0.4 is 0 Å². The Morgan fingerprint density at radius 3 is 2.50 bits per heavy atom. The highest BCUT2D eigenvalue weighted by molar-refractivity contribution is 5.20. The van der Waals surface area contributed by atoms with E-state index in [0.29, 0.717) is 0 Å². The number of rotatable bonds is 2. The van der Waals surface area contributed by atoms with Crippen LogP contribution in [0.25, 0.3) is 0 Å². The van der Waals surface area contributed by atoms with Gasteiger partial charge in [0.1, 0.15) is 18.3 Å². The first-order chi connectivity index (χ1) is 6.47. The quantitative estimate of drug-likeness (QED) is 0.303. The molecule has 0 aromatic rings. The molecule has 0 spiro atoms. The van der Waals surface area contributed by atoms with Crippen LogP contribution in [0.15, 0.2) is 0 Å². The van der Waals surface area contributed by atoms with Crippen molar-refractivity contribution in [2.75, 3.05) is 6.61 Å². The summed E-state index contributed by atoms with van der Waals surface area (Å²) < 4.78 is 4.64. The number of aliphatic hydroxyl groups is 5. The van der Waals surface area contributed by atoms with Crippen LogP contribution >= 0.6 is 0 Å². The molecule has 0 aromatic carbocycles. The highest BCUT2D eigenvalue weighted by Gasteiger charge is 2.56. The molecule has 1 heterocycles. The third-order valence-corrected chi connectivity index (χ3v) is 2.21. The van der Waals surface area contributed by atoms with Gasteiger partial charge in [0.15, 0.2) is 11.9 Å². The second-order valence-corrected chi connectivity index (χ2v) is 3.11. The molecule has 80 valence electrons. The minimum atomic E-state index is -2.19. The lowest BCUT2D eigenvalue weighted by Crippen LogP contribution is -2.52. The molecule has 6 heteroatoms. The first kappa shape index (κ1) is 11.4. The second kappa shape index (κ2) is 3.82. The molecule has 14 heavy (non-hydrogen) atoms. The number of terminal acetylenes is 1. The predicted molar refractivity (Wildman–Crippen MR) is 43.8 cm³/mol. The van der Waals surface area contributed by atoms with Gasteiger partial charge in [-0.05, 0) is 0 Å². The number of hydrogen-bond donors (Lipinski definition) is 5. The lowest BCUT2D eigenvalue weighted by molar-refractivity contribution is -0.151. The van der Waals surface area contributed by atoms with Crippen molar-refractivity contribution in [2.45, 2.75) is 30.2 Å². The van der Waals surface area contributed by atoms with Crippen LogP contribution in [0.2, 0.25) is 0 Å². The van der Waals surface area contributed by atoms with Crippen molar-refractivity contribution in [3.8, 4) is 12.3 Å². The van der Waals surface area contributed by atoms with Gasteiger partial charge in [-0.2, -0.15) is 0 Å². The topological polar surface area (TPSA) is 110 Å². The van der Waals surface area contributed by atoms with Gasteiger partial charge in [0, 0.05) is 0 Å². The zero-order valence-electron chi connectivity index (χ0n) is 7.24. The molecule has 0 aliphatic carbocycles. The maximum absolute atomic E-state index is 9.66. The lowest BCUT2D eigenvalue weighted by atomic mass is 9.90. The molecule has 5 atom stereocenters. The smallest absolute Gasteiger partial charge is 0.185 e. The van der Waals surface area contributed by atoms with Gasteiger partial charge < -0.3 is 30.3 Å². The van der Waals surface area contributed by atoms with Crippen LogP contribution in [0, 0.1) is 12.3 Å². The molecule has 6 nitrogen and oxygen atoms in total. The molecular formula is C8H12O6. The van der Waals surface area contributed by atoms with Crippen LogP contribution in [0.3, 0.4) is 0 Å². The largest absolute Gasteiger partial charge is 0.394 e. The summed E-state index contributed by atoms with van der Waals surface area (Å²) in [6.07, 6.45) is -1.31. The fourth-order valence-electron chi connectivity index (χ4n) is 1.36. The molecule has 0 bridgehead atoms. The van der Waals surface area contributed by atoms with Gasteiger partial charge in [0.25, 0.3) is 0 Å². The summed E-state index contributed by atoms with van der Waals surface area (Å²) in [5.41, 5.74) is -2.19. The molecule has 1 rings (SSSR count). The zero-order chi connectivity index (χ0) is 10.9. The maximum Gasteiger partial charge on any atom is 0.185 e. The second-order valence-electron chi connectivity index (χ2n) is 3.11. The maximum atomic E-state index is 9.66. The Hall–Kier alpha value is -0.680. The Kier molecular flexibility index (Phi) is 3.11. The van der Waals surface area contributed by atoms with E-state index in [1.54, 1.807) is 0 Å². The van der Waals surface area contributed by atoms with Gasteiger partial charge in [-0.1, -0.05) is 5.92 Å². The van der Waals surface area contributed by atoms with Gasteiger partial charge in [0.2, 0.25) is 0 Å². The zero-order valence-corrected chi connectivity index (χ0v) is 7.24. The van der Waals surface area contributed by atoms with Crippen molar-refractivity contribution in [1.82, 2.24) is 0 Å². The van der Waals surface area contributed by atoms with E-state index in [1.807, 2.05) is 5.92 Å². The summed E-state index contributed by atoms with van der Waals surface area (Å²) in [4.78, 5) is 0. The van der Waals surface area contributed by atoms with Gasteiger partial charge >= 0.3 is 0 Å². The standard InChI is InChI=1S/C8H12O6/c1-2-8(13)5(11)7(12)14-6(8)4(10)3-9/h1,4-7,9-13H,3H2/t4-,5+,6-,7+,8+/m1/s1. The van der Waals surface area contributed by atoms with E-state index in [2.05, 4.69) is 4.74 Å². The summed E-state index contributed by atoms with van der Waals surface area (Å²) in [7, 11) is 0. The van der Waals surface area contributed by atoms with Crippen molar-refractivity contribution < 1.29 is 30.3 Å². The third kappa shape index (κ3) is 1.50. The number of aliphatic hydroxyl groups excluding tert-OH is 4. The Bertz CT molecular complexity index is 249. The average Bonchev–Trinajstić information content (AvgIpc) is 2.42. The molecule has 1 fully saturated rings. The van der Waals surface area contributed by atoms with Gasteiger partial charge in [-0.15, -0.1) is 6.42 Å². The van der Waals surface area contributed by atoms with Crippen LogP contribution in [0.4, 0.5) is 0 Å². The molecule has 1 aliphatic heterocycles. The molecule has 0 saturated carbocycles. The summed E-state index contributed by atoms with van der Waals surface area (Å²) in [5.74, 6) is 1.84. The average molecular weight is 204 g/mol. The van der Waals surface area contributed by atoms with Crippen molar-refractivity contribution in [3.63, 3.8) is 0 Å². The van der Waals surface area contributed by atoms with Crippen molar-refractivity contribution in [3.05, 3.63) is 0 Å². The van der Waals surface area contributed by atoms with E-state index >= 15 is 0 Å². The van der Waals surface area contributed by atoms with E-state index in [-0.39, 0.29) is 0 Å². The summed E-state index contributed by atoms with van der Waals surface area (Å²) >= 11 is 0. The summed E-state index contributed by atoms with van der Waals surface area (Å²) in [6.45, 7) is -0.700. The van der Waals surface area contributed by atoms with Crippen LogP contribution in [0.5, 0.6) is 0 Å². The lowest BCUT2D eigenvalue weighted by Gasteiger charge is -2.27. The fraction of sp³-hybridized carbons (Fsp3) is 0.750. The van der Waals surface area contributed by atoms with Crippen molar-refractivity contribution >= 4 is 0 Å². The van der Waals surface area contributed by atoms with Crippen LogP contribution in [-0.4, -0.2) is 62.3 Å². The van der Waals surface area contributed by atoms with Gasteiger partial charge in [-0.25, -0.2) is 0 Å². The number of ether oxygens (including phenoxy) is 1. The molecule has 1 aliphatic rings.